The van der Waals surface area contributed by atoms with Crippen molar-refractivity contribution in [1.82, 2.24) is 24.7 Å². The van der Waals surface area contributed by atoms with Crippen molar-refractivity contribution < 1.29 is 13.2 Å². The Balaban J connectivity index is 1.93. The van der Waals surface area contributed by atoms with Crippen LogP contribution in [-0.4, -0.2) is 34.3 Å². The van der Waals surface area contributed by atoms with Crippen LogP contribution in [0.25, 0.3) is 22.4 Å². The molecule has 0 unspecified atom stereocenters. The molecule has 2 aromatic heterocycles. The Morgan fingerprint density at radius 1 is 1.30 bits per heavy atom. The summed E-state index contributed by atoms with van der Waals surface area (Å²) >= 11 is 0. The number of hydrogen-bond acceptors (Lipinski definition) is 7. The zero-order valence-corrected chi connectivity index (χ0v) is 15.7. The molecule has 0 saturated carbocycles. The van der Waals surface area contributed by atoms with E-state index >= 15 is 0 Å². The van der Waals surface area contributed by atoms with E-state index in [2.05, 4.69) is 24.7 Å². The van der Waals surface area contributed by atoms with Crippen molar-refractivity contribution in [3.63, 3.8) is 0 Å². The summed E-state index contributed by atoms with van der Waals surface area (Å²) in [6.07, 6.45) is 2.21. The first-order chi connectivity index (χ1) is 12.8. The second kappa shape index (κ2) is 7.31. The van der Waals surface area contributed by atoms with Crippen LogP contribution in [0.4, 0.5) is 5.95 Å². The largest absolute Gasteiger partial charge is 0.368 e. The summed E-state index contributed by atoms with van der Waals surface area (Å²) in [7, 11) is -3.99. The number of carbonyl (C=O) groups is 1. The molecule has 27 heavy (non-hydrogen) atoms. The standard InChI is InChI=1S/C17H20N6O3S/c1-10(2)6-7-13(24)23-27(25,26)12-5-3-4-11(8-12)14-15-16(20-9-19-15)22-17(18)21-14/h3-5,8-10H,6-7H2,1-2H3,(H,23,24)(H3,18,19,20,21,22). The lowest BCUT2D eigenvalue weighted by atomic mass is 10.1. The highest BCUT2D eigenvalue weighted by Crippen LogP contribution is 2.26. The van der Waals surface area contributed by atoms with Crippen molar-refractivity contribution in [3.8, 4) is 11.3 Å². The molecule has 2 heterocycles. The van der Waals surface area contributed by atoms with Gasteiger partial charge in [0, 0.05) is 12.0 Å². The van der Waals surface area contributed by atoms with Gasteiger partial charge in [0.1, 0.15) is 11.2 Å². The summed E-state index contributed by atoms with van der Waals surface area (Å²) in [5.41, 5.74) is 7.58. The first-order valence-electron chi connectivity index (χ1n) is 8.39. The quantitative estimate of drug-likeness (QED) is 0.584. The molecule has 0 aliphatic heterocycles. The van der Waals surface area contributed by atoms with Crippen LogP contribution in [0.5, 0.6) is 0 Å². The number of rotatable bonds is 6. The van der Waals surface area contributed by atoms with E-state index in [1.807, 2.05) is 13.8 Å². The SMILES string of the molecule is CC(C)CCC(=O)NS(=O)(=O)c1cccc(-c2nc(N)nc3nc[nH]c23)c1. The Bertz CT molecular complexity index is 1090. The summed E-state index contributed by atoms with van der Waals surface area (Å²) in [6, 6.07) is 6.11. The van der Waals surface area contributed by atoms with Gasteiger partial charge in [-0.2, -0.15) is 4.98 Å². The van der Waals surface area contributed by atoms with E-state index in [1.165, 1.54) is 18.5 Å². The van der Waals surface area contributed by atoms with Gasteiger partial charge in [-0.05, 0) is 24.5 Å². The summed E-state index contributed by atoms with van der Waals surface area (Å²) in [5.74, 6) is -0.196. The van der Waals surface area contributed by atoms with Gasteiger partial charge in [-0.25, -0.2) is 23.1 Å². The lowest BCUT2D eigenvalue weighted by Gasteiger charge is -2.10. The number of carbonyl (C=O) groups excluding carboxylic acids is 1. The number of anilines is 1. The highest BCUT2D eigenvalue weighted by atomic mass is 32.2. The number of aromatic nitrogens is 4. The molecule has 9 nitrogen and oxygen atoms in total. The van der Waals surface area contributed by atoms with E-state index in [1.54, 1.807) is 12.1 Å². The smallest absolute Gasteiger partial charge is 0.264 e. The average molecular weight is 388 g/mol. The van der Waals surface area contributed by atoms with Gasteiger partial charge in [0.25, 0.3) is 10.0 Å². The molecule has 0 aliphatic carbocycles. The number of fused-ring (bicyclic) bond motifs is 1. The van der Waals surface area contributed by atoms with Crippen LogP contribution in [0.1, 0.15) is 26.7 Å². The third-order valence-corrected chi connectivity index (χ3v) is 5.29. The maximum atomic E-state index is 12.5. The van der Waals surface area contributed by atoms with Crippen LogP contribution in [0.15, 0.2) is 35.5 Å². The van der Waals surface area contributed by atoms with E-state index in [0.717, 1.165) is 0 Å². The van der Waals surface area contributed by atoms with Gasteiger partial charge in [-0.3, -0.25) is 4.79 Å². The number of nitrogens with one attached hydrogen (secondary N) is 2. The Morgan fingerprint density at radius 3 is 2.81 bits per heavy atom. The Labute approximate surface area is 156 Å². The van der Waals surface area contributed by atoms with Gasteiger partial charge in [0.05, 0.1) is 11.2 Å². The Hall–Kier alpha value is -3.01. The predicted molar refractivity (Wildman–Crippen MR) is 101 cm³/mol. The van der Waals surface area contributed by atoms with E-state index < -0.39 is 15.9 Å². The molecule has 0 saturated heterocycles. The minimum atomic E-state index is -3.99. The number of aromatic amines is 1. The van der Waals surface area contributed by atoms with Crippen LogP contribution in [0, 0.1) is 5.92 Å². The average Bonchev–Trinajstić information content (AvgIpc) is 3.07. The van der Waals surface area contributed by atoms with Crippen LogP contribution in [0.2, 0.25) is 0 Å². The highest BCUT2D eigenvalue weighted by Gasteiger charge is 2.19. The van der Waals surface area contributed by atoms with Crippen LogP contribution >= 0.6 is 0 Å². The maximum absolute atomic E-state index is 12.5. The third-order valence-electron chi connectivity index (χ3n) is 3.92. The van der Waals surface area contributed by atoms with Gasteiger partial charge < -0.3 is 10.7 Å². The molecule has 3 rings (SSSR count). The lowest BCUT2D eigenvalue weighted by Crippen LogP contribution is -2.30. The number of hydrogen-bond donors (Lipinski definition) is 3. The van der Waals surface area contributed by atoms with Crippen LogP contribution in [0.3, 0.4) is 0 Å². The maximum Gasteiger partial charge on any atom is 0.264 e. The summed E-state index contributed by atoms with van der Waals surface area (Å²) < 4.78 is 27.2. The van der Waals surface area contributed by atoms with E-state index in [9.17, 15) is 13.2 Å². The second-order valence-corrected chi connectivity index (χ2v) is 8.20. The van der Waals surface area contributed by atoms with E-state index in [4.69, 9.17) is 5.73 Å². The fourth-order valence-corrected chi connectivity index (χ4v) is 3.61. The number of nitrogens with zero attached hydrogens (tertiary/aromatic N) is 3. The second-order valence-electron chi connectivity index (χ2n) is 6.52. The third kappa shape index (κ3) is 4.22. The number of nitrogen functional groups attached to an aromatic ring is 1. The fraction of sp³-hybridized carbons (Fsp3) is 0.294. The number of nitrogens with two attached hydrogens (primary N) is 1. The van der Waals surface area contributed by atoms with Crippen molar-refractivity contribution in [2.45, 2.75) is 31.6 Å². The minimum absolute atomic E-state index is 0.0276. The molecule has 0 fully saturated rings. The van der Waals surface area contributed by atoms with Gasteiger partial charge in [-0.15, -0.1) is 0 Å². The van der Waals surface area contributed by atoms with E-state index in [-0.39, 0.29) is 17.3 Å². The molecular formula is C17H20N6O3S. The minimum Gasteiger partial charge on any atom is -0.368 e. The number of H-pyrrole nitrogens is 1. The molecule has 1 aromatic carbocycles. The summed E-state index contributed by atoms with van der Waals surface area (Å²) in [6.45, 7) is 3.93. The van der Waals surface area contributed by atoms with Gasteiger partial charge in [0.2, 0.25) is 11.9 Å². The zero-order valence-electron chi connectivity index (χ0n) is 14.9. The van der Waals surface area contributed by atoms with Crippen LogP contribution in [-0.2, 0) is 14.8 Å². The molecule has 1 amide bonds. The van der Waals surface area contributed by atoms with Gasteiger partial charge in [0.15, 0.2) is 5.65 Å². The molecule has 3 aromatic rings. The molecule has 4 N–H and O–H groups in total. The first-order valence-corrected chi connectivity index (χ1v) is 9.87. The monoisotopic (exact) mass is 388 g/mol. The lowest BCUT2D eigenvalue weighted by molar-refractivity contribution is -0.119. The van der Waals surface area contributed by atoms with E-state index in [0.29, 0.717) is 34.8 Å². The Morgan fingerprint density at radius 2 is 2.07 bits per heavy atom. The predicted octanol–water partition coefficient (Wildman–Crippen LogP) is 1.84. The molecule has 0 spiro atoms. The summed E-state index contributed by atoms with van der Waals surface area (Å²) in [5, 5.41) is 0. The topological polar surface area (TPSA) is 144 Å². The van der Waals surface area contributed by atoms with Crippen molar-refractivity contribution in [1.29, 1.82) is 0 Å². The normalized spacial score (nSPS) is 11.8. The fourth-order valence-electron chi connectivity index (χ4n) is 2.55. The van der Waals surface area contributed by atoms with Crippen molar-refractivity contribution >= 4 is 33.0 Å². The zero-order chi connectivity index (χ0) is 19.6. The molecule has 0 bridgehead atoms. The molecule has 0 radical (unpaired) electrons. The Kier molecular flexibility index (Phi) is 5.08. The van der Waals surface area contributed by atoms with Gasteiger partial charge >= 0.3 is 0 Å². The number of amides is 1. The number of sulfonamides is 1. The molecule has 0 aliphatic rings. The summed E-state index contributed by atoms with van der Waals surface area (Å²) in [4.78, 5) is 27.1. The number of imidazole rings is 1. The highest BCUT2D eigenvalue weighted by molar-refractivity contribution is 7.90. The molecular weight excluding hydrogens is 368 g/mol. The van der Waals surface area contributed by atoms with Crippen molar-refractivity contribution in [2.24, 2.45) is 5.92 Å². The first kappa shape index (κ1) is 18.8. The molecule has 142 valence electrons. The van der Waals surface area contributed by atoms with Crippen molar-refractivity contribution in [2.75, 3.05) is 5.73 Å². The molecule has 0 atom stereocenters. The van der Waals surface area contributed by atoms with Crippen molar-refractivity contribution in [3.05, 3.63) is 30.6 Å². The van der Waals surface area contributed by atoms with Gasteiger partial charge in [-0.1, -0.05) is 26.0 Å². The number of benzene rings is 1. The molecule has 10 heteroatoms. The van der Waals surface area contributed by atoms with Crippen LogP contribution < -0.4 is 10.5 Å².